The van der Waals surface area contributed by atoms with Crippen molar-refractivity contribution in [1.82, 2.24) is 5.32 Å². The highest BCUT2D eigenvalue weighted by Gasteiger charge is 2.12. The van der Waals surface area contributed by atoms with Crippen LogP contribution in [0.5, 0.6) is 0 Å². The van der Waals surface area contributed by atoms with Gasteiger partial charge >= 0.3 is 0 Å². The van der Waals surface area contributed by atoms with Gasteiger partial charge in [0.15, 0.2) is 0 Å². The Kier molecular flexibility index (Phi) is 6.22. The lowest BCUT2D eigenvalue weighted by Crippen LogP contribution is -2.38. The summed E-state index contributed by atoms with van der Waals surface area (Å²) in [6, 6.07) is 7.59. The van der Waals surface area contributed by atoms with Crippen LogP contribution in [0.3, 0.4) is 0 Å². The minimum Gasteiger partial charge on any atom is -0.383 e. The van der Waals surface area contributed by atoms with Crippen LogP contribution >= 0.6 is 15.9 Å². The molecule has 1 aromatic rings. The fourth-order valence-electron chi connectivity index (χ4n) is 1.50. The molecule has 1 rings (SSSR count). The van der Waals surface area contributed by atoms with Gasteiger partial charge < -0.3 is 10.1 Å². The Morgan fingerprint density at radius 1 is 1.41 bits per heavy atom. The van der Waals surface area contributed by atoms with E-state index in [1.165, 1.54) is 0 Å². The molecule has 0 aliphatic heterocycles. The second kappa shape index (κ2) is 7.45. The lowest BCUT2D eigenvalue weighted by molar-refractivity contribution is 0.0895. The molecule has 17 heavy (non-hydrogen) atoms. The van der Waals surface area contributed by atoms with Crippen molar-refractivity contribution >= 4 is 21.8 Å². The van der Waals surface area contributed by atoms with Crippen LogP contribution in [0.4, 0.5) is 0 Å². The van der Waals surface area contributed by atoms with Crippen molar-refractivity contribution in [3.8, 4) is 0 Å². The van der Waals surface area contributed by atoms with Gasteiger partial charge in [-0.2, -0.15) is 0 Å². The maximum absolute atomic E-state index is 11.9. The summed E-state index contributed by atoms with van der Waals surface area (Å²) in [7, 11) is 1.64. The van der Waals surface area contributed by atoms with Crippen LogP contribution in [-0.2, 0) is 4.74 Å². The van der Waals surface area contributed by atoms with Crippen molar-refractivity contribution in [3.05, 3.63) is 35.4 Å². The van der Waals surface area contributed by atoms with Gasteiger partial charge in [0.1, 0.15) is 0 Å². The summed E-state index contributed by atoms with van der Waals surface area (Å²) in [6.45, 7) is 2.53. The van der Waals surface area contributed by atoms with Crippen LogP contribution in [0.2, 0.25) is 0 Å². The highest BCUT2D eigenvalue weighted by molar-refractivity contribution is 9.09. The van der Waals surface area contributed by atoms with Crippen molar-refractivity contribution in [2.75, 3.05) is 19.0 Å². The third-order valence-electron chi connectivity index (χ3n) is 2.47. The molecule has 0 saturated heterocycles. The summed E-state index contributed by atoms with van der Waals surface area (Å²) in [5, 5.41) is 3.80. The molecule has 1 amide bonds. The molecule has 0 heterocycles. The summed E-state index contributed by atoms with van der Waals surface area (Å²) in [4.78, 5) is 11.9. The molecule has 1 unspecified atom stereocenters. The zero-order valence-electron chi connectivity index (χ0n) is 10.2. The number of hydrogen-bond donors (Lipinski definition) is 1. The summed E-state index contributed by atoms with van der Waals surface area (Å²) in [6.07, 6.45) is 0.853. The Bertz CT molecular complexity index is 345. The Morgan fingerprint density at radius 3 is 2.59 bits per heavy atom. The van der Waals surface area contributed by atoms with E-state index in [1.807, 2.05) is 31.2 Å². The SMILES string of the molecule is COCC(CCBr)NC(=O)c1ccc(C)cc1. The quantitative estimate of drug-likeness (QED) is 0.820. The number of nitrogens with one attached hydrogen (secondary N) is 1. The van der Waals surface area contributed by atoms with E-state index in [9.17, 15) is 4.79 Å². The second-order valence-electron chi connectivity index (χ2n) is 3.97. The zero-order chi connectivity index (χ0) is 12.7. The van der Waals surface area contributed by atoms with Crippen LogP contribution in [0, 0.1) is 6.92 Å². The van der Waals surface area contributed by atoms with Crippen LogP contribution in [-0.4, -0.2) is 31.0 Å². The van der Waals surface area contributed by atoms with Gasteiger partial charge in [-0.1, -0.05) is 33.6 Å². The van der Waals surface area contributed by atoms with E-state index in [0.29, 0.717) is 12.2 Å². The number of amides is 1. The van der Waals surface area contributed by atoms with Gasteiger partial charge in [0.25, 0.3) is 5.91 Å². The van der Waals surface area contributed by atoms with E-state index in [2.05, 4.69) is 21.2 Å². The smallest absolute Gasteiger partial charge is 0.251 e. The molecule has 0 aliphatic carbocycles. The molecule has 4 heteroatoms. The maximum Gasteiger partial charge on any atom is 0.251 e. The van der Waals surface area contributed by atoms with Crippen LogP contribution in [0.25, 0.3) is 0 Å². The van der Waals surface area contributed by atoms with E-state index in [-0.39, 0.29) is 11.9 Å². The molecule has 0 radical (unpaired) electrons. The number of rotatable bonds is 6. The van der Waals surface area contributed by atoms with Crippen molar-refractivity contribution < 1.29 is 9.53 Å². The zero-order valence-corrected chi connectivity index (χ0v) is 11.8. The predicted octanol–water partition coefficient (Wildman–Crippen LogP) is 2.52. The molecule has 3 nitrogen and oxygen atoms in total. The van der Waals surface area contributed by atoms with Crippen molar-refractivity contribution in [2.24, 2.45) is 0 Å². The molecule has 94 valence electrons. The Morgan fingerprint density at radius 2 is 2.06 bits per heavy atom. The lowest BCUT2D eigenvalue weighted by Gasteiger charge is -2.16. The lowest BCUT2D eigenvalue weighted by atomic mass is 10.1. The van der Waals surface area contributed by atoms with Gasteiger partial charge in [0, 0.05) is 18.0 Å². The van der Waals surface area contributed by atoms with Gasteiger partial charge in [-0.15, -0.1) is 0 Å². The van der Waals surface area contributed by atoms with Crippen molar-refractivity contribution in [1.29, 1.82) is 0 Å². The summed E-state index contributed by atoms with van der Waals surface area (Å²) in [5.41, 5.74) is 1.83. The first-order valence-corrected chi connectivity index (χ1v) is 6.72. The van der Waals surface area contributed by atoms with Crippen LogP contribution in [0.15, 0.2) is 24.3 Å². The monoisotopic (exact) mass is 299 g/mol. The minimum absolute atomic E-state index is 0.0481. The van der Waals surface area contributed by atoms with Gasteiger partial charge in [-0.3, -0.25) is 4.79 Å². The molecular formula is C13H18BrNO2. The largest absolute Gasteiger partial charge is 0.383 e. The highest BCUT2D eigenvalue weighted by Crippen LogP contribution is 2.05. The highest BCUT2D eigenvalue weighted by atomic mass is 79.9. The maximum atomic E-state index is 11.9. The van der Waals surface area contributed by atoms with Crippen molar-refractivity contribution in [2.45, 2.75) is 19.4 Å². The van der Waals surface area contributed by atoms with Crippen LogP contribution < -0.4 is 5.32 Å². The van der Waals surface area contributed by atoms with Gasteiger partial charge in [0.05, 0.1) is 12.6 Å². The average molecular weight is 300 g/mol. The molecule has 1 N–H and O–H groups in total. The molecule has 1 atom stereocenters. The topological polar surface area (TPSA) is 38.3 Å². The molecule has 0 fully saturated rings. The Labute approximate surface area is 111 Å². The summed E-state index contributed by atoms with van der Waals surface area (Å²) < 4.78 is 5.08. The average Bonchev–Trinajstić information content (AvgIpc) is 2.30. The third-order valence-corrected chi connectivity index (χ3v) is 2.93. The number of ether oxygens (including phenoxy) is 1. The van der Waals surface area contributed by atoms with E-state index in [4.69, 9.17) is 4.74 Å². The molecular weight excluding hydrogens is 282 g/mol. The predicted molar refractivity (Wildman–Crippen MR) is 72.7 cm³/mol. The summed E-state index contributed by atoms with van der Waals surface area (Å²) in [5.74, 6) is -0.0481. The van der Waals surface area contributed by atoms with Gasteiger partial charge in [-0.25, -0.2) is 0 Å². The van der Waals surface area contributed by atoms with E-state index >= 15 is 0 Å². The fraction of sp³-hybridized carbons (Fsp3) is 0.462. The normalized spacial score (nSPS) is 12.2. The molecule has 0 aliphatic rings. The van der Waals surface area contributed by atoms with E-state index < -0.39 is 0 Å². The first-order valence-electron chi connectivity index (χ1n) is 5.59. The van der Waals surface area contributed by atoms with E-state index in [1.54, 1.807) is 7.11 Å². The Hall–Kier alpha value is -0.870. The molecule has 0 bridgehead atoms. The Balaban J connectivity index is 2.60. The van der Waals surface area contributed by atoms with Crippen LogP contribution in [0.1, 0.15) is 22.3 Å². The molecule has 1 aromatic carbocycles. The second-order valence-corrected chi connectivity index (χ2v) is 4.76. The summed E-state index contributed by atoms with van der Waals surface area (Å²) >= 11 is 3.37. The molecule has 0 saturated carbocycles. The van der Waals surface area contributed by atoms with E-state index in [0.717, 1.165) is 17.3 Å². The van der Waals surface area contributed by atoms with Crippen molar-refractivity contribution in [3.63, 3.8) is 0 Å². The molecule has 0 aromatic heterocycles. The van der Waals surface area contributed by atoms with Gasteiger partial charge in [-0.05, 0) is 25.5 Å². The first kappa shape index (κ1) is 14.2. The third kappa shape index (κ3) is 4.88. The number of carbonyl (C=O) groups excluding carboxylic acids is 1. The standard InChI is InChI=1S/C13H18BrNO2/c1-10-3-5-11(6-4-10)13(16)15-12(7-8-14)9-17-2/h3-6,12H,7-9H2,1-2H3,(H,15,16). The number of halogens is 1. The number of methoxy groups -OCH3 is 1. The number of hydrogen-bond acceptors (Lipinski definition) is 2. The fourth-order valence-corrected chi connectivity index (χ4v) is 2.06. The number of aryl methyl sites for hydroxylation is 1. The molecule has 0 spiro atoms. The first-order chi connectivity index (χ1) is 8.17. The number of alkyl halides is 1. The minimum atomic E-state index is -0.0481. The van der Waals surface area contributed by atoms with Gasteiger partial charge in [0.2, 0.25) is 0 Å². The number of carbonyl (C=O) groups is 1. The number of benzene rings is 1.